The summed E-state index contributed by atoms with van der Waals surface area (Å²) in [6.45, 7) is 5.06. The van der Waals surface area contributed by atoms with E-state index >= 15 is 0 Å². The Kier molecular flexibility index (Phi) is 5.13. The summed E-state index contributed by atoms with van der Waals surface area (Å²) in [5.41, 5.74) is 1.37. The summed E-state index contributed by atoms with van der Waals surface area (Å²) in [6, 6.07) is 10.6. The zero-order chi connectivity index (χ0) is 11.6. The average molecular weight is 345 g/mol. The molecule has 2 unspecified atom stereocenters. The Balaban J connectivity index is 0.00000144. The summed E-state index contributed by atoms with van der Waals surface area (Å²) in [4.78, 5) is 11.5. The normalized spacial score (nSPS) is 28.6. The first-order chi connectivity index (χ1) is 7.59. The number of Topliss-reactive ketones (excluding diaryl/α,β-unsaturated/α-hetero) is 1. The topological polar surface area (TPSA) is 17.1 Å². The van der Waals surface area contributed by atoms with Gasteiger partial charge in [0.05, 0.1) is 32.5 Å². The third-order valence-electron chi connectivity index (χ3n) is 3.57. The van der Waals surface area contributed by atoms with E-state index in [0.717, 1.165) is 30.5 Å². The van der Waals surface area contributed by atoms with Crippen molar-refractivity contribution in [3.05, 3.63) is 35.9 Å². The molecule has 1 aliphatic heterocycles. The quantitative estimate of drug-likeness (QED) is 0.509. The molecule has 2 nitrogen and oxygen atoms in total. The number of hydrogen-bond donors (Lipinski definition) is 0. The maximum atomic E-state index is 11.5. The van der Waals surface area contributed by atoms with Crippen molar-refractivity contribution in [1.82, 2.24) is 0 Å². The van der Waals surface area contributed by atoms with Gasteiger partial charge in [0.1, 0.15) is 12.3 Å². The fourth-order valence-electron chi connectivity index (χ4n) is 2.65. The van der Waals surface area contributed by atoms with Crippen LogP contribution in [-0.2, 0) is 11.3 Å². The van der Waals surface area contributed by atoms with Crippen LogP contribution >= 0.6 is 0 Å². The molecule has 0 radical (unpaired) electrons. The second-order valence-electron chi connectivity index (χ2n) is 5.29. The van der Waals surface area contributed by atoms with Crippen LogP contribution in [0.3, 0.4) is 0 Å². The molecule has 17 heavy (non-hydrogen) atoms. The molecule has 1 heterocycles. The average Bonchev–Trinajstić information content (AvgIpc) is 2.25. The molecule has 1 aliphatic rings. The van der Waals surface area contributed by atoms with Crippen LogP contribution in [0.5, 0.6) is 0 Å². The van der Waals surface area contributed by atoms with E-state index in [1.807, 2.05) is 6.07 Å². The number of carbonyl (C=O) groups excluding carboxylic acids is 1. The van der Waals surface area contributed by atoms with Crippen molar-refractivity contribution in [2.75, 3.05) is 20.1 Å². The number of halogens is 1. The number of carbonyl (C=O) groups is 1. The molecule has 0 spiro atoms. The van der Waals surface area contributed by atoms with Gasteiger partial charge in [-0.2, -0.15) is 0 Å². The van der Waals surface area contributed by atoms with E-state index in [2.05, 4.69) is 38.2 Å². The van der Waals surface area contributed by atoms with Gasteiger partial charge in [0, 0.05) is 5.56 Å². The van der Waals surface area contributed by atoms with E-state index in [0.29, 0.717) is 5.78 Å². The zero-order valence-electron chi connectivity index (χ0n) is 10.5. The molecule has 0 N–H and O–H groups in total. The van der Waals surface area contributed by atoms with Crippen molar-refractivity contribution in [2.45, 2.75) is 19.9 Å². The number of rotatable bonds is 2. The van der Waals surface area contributed by atoms with Crippen LogP contribution in [0.25, 0.3) is 0 Å². The Morgan fingerprint density at radius 1 is 1.29 bits per heavy atom. The highest BCUT2D eigenvalue weighted by atomic mass is 127. The largest absolute Gasteiger partial charge is 1.00 e. The van der Waals surface area contributed by atoms with Gasteiger partial charge >= 0.3 is 0 Å². The van der Waals surface area contributed by atoms with Crippen LogP contribution in [-0.4, -0.2) is 30.4 Å². The maximum Gasteiger partial charge on any atom is 0.146 e. The number of ketones is 1. The summed E-state index contributed by atoms with van der Waals surface area (Å²) < 4.78 is 0.997. The lowest BCUT2D eigenvalue weighted by Crippen LogP contribution is -3.00. The van der Waals surface area contributed by atoms with Crippen LogP contribution in [0.4, 0.5) is 0 Å². The Morgan fingerprint density at radius 2 is 1.94 bits per heavy atom. The maximum absolute atomic E-state index is 11.5. The number of benzene rings is 1. The Bertz CT molecular complexity index is 379. The fraction of sp³-hybridized carbons (Fsp3) is 0.500. The van der Waals surface area contributed by atoms with Gasteiger partial charge in [0.15, 0.2) is 0 Å². The van der Waals surface area contributed by atoms with Gasteiger partial charge in [-0.3, -0.25) is 4.79 Å². The Morgan fingerprint density at radius 3 is 2.53 bits per heavy atom. The molecule has 0 bridgehead atoms. The lowest BCUT2D eigenvalue weighted by atomic mass is 9.96. The lowest BCUT2D eigenvalue weighted by Gasteiger charge is -2.39. The molecular weight excluding hydrogens is 325 g/mol. The highest BCUT2D eigenvalue weighted by molar-refractivity contribution is 5.81. The first-order valence-electron chi connectivity index (χ1n) is 5.99. The highest BCUT2D eigenvalue weighted by Crippen LogP contribution is 2.21. The van der Waals surface area contributed by atoms with Gasteiger partial charge in [-0.05, 0) is 0 Å². The smallest absolute Gasteiger partial charge is 0.146 e. The number of nitrogens with zero attached hydrogens (tertiary/aromatic N) is 1. The third-order valence-corrected chi connectivity index (χ3v) is 3.57. The van der Waals surface area contributed by atoms with E-state index in [9.17, 15) is 4.79 Å². The summed E-state index contributed by atoms with van der Waals surface area (Å²) in [7, 11) is 2.26. The van der Waals surface area contributed by atoms with E-state index < -0.39 is 0 Å². The van der Waals surface area contributed by atoms with E-state index in [1.165, 1.54) is 5.56 Å². The van der Waals surface area contributed by atoms with Crippen molar-refractivity contribution in [2.24, 2.45) is 5.92 Å². The van der Waals surface area contributed by atoms with Crippen molar-refractivity contribution in [3.63, 3.8) is 0 Å². The number of quaternary nitrogens is 1. The predicted molar refractivity (Wildman–Crippen MR) is 64.9 cm³/mol. The molecule has 0 aromatic heterocycles. The van der Waals surface area contributed by atoms with Gasteiger partial charge in [0.25, 0.3) is 0 Å². The standard InChI is InChI=1S/C14H20NO.HI/c1-12-10-15(2,9-8-14(12)16)11-13-6-4-3-5-7-13;/h3-7,12H,8-11H2,1-2H3;1H/q+1;/p-1. The van der Waals surface area contributed by atoms with E-state index in [1.54, 1.807) is 0 Å². The molecule has 1 aromatic rings. The van der Waals surface area contributed by atoms with Crippen LogP contribution in [0.2, 0.25) is 0 Å². The van der Waals surface area contributed by atoms with Crippen molar-refractivity contribution < 1.29 is 33.3 Å². The molecular formula is C14H20INO. The SMILES string of the molecule is CC1C[N+](C)(Cc2ccccc2)CCC1=O.[I-]. The minimum Gasteiger partial charge on any atom is -1.00 e. The van der Waals surface area contributed by atoms with Gasteiger partial charge in [-0.1, -0.05) is 37.3 Å². The summed E-state index contributed by atoms with van der Waals surface area (Å²) in [5.74, 6) is 0.658. The minimum atomic E-state index is 0. The molecule has 3 heteroatoms. The Labute approximate surface area is 121 Å². The molecule has 2 atom stereocenters. The predicted octanol–water partition coefficient (Wildman–Crippen LogP) is -0.754. The number of piperidine rings is 1. The first-order valence-corrected chi connectivity index (χ1v) is 5.99. The van der Waals surface area contributed by atoms with E-state index in [-0.39, 0.29) is 29.9 Å². The van der Waals surface area contributed by atoms with Crippen molar-refractivity contribution >= 4 is 5.78 Å². The molecule has 0 amide bonds. The number of likely N-dealkylation sites (tertiary alicyclic amines) is 1. The third kappa shape index (κ3) is 3.78. The van der Waals surface area contributed by atoms with E-state index in [4.69, 9.17) is 0 Å². The molecule has 94 valence electrons. The van der Waals surface area contributed by atoms with Gasteiger partial charge in [0.2, 0.25) is 0 Å². The van der Waals surface area contributed by atoms with Crippen LogP contribution in [0.15, 0.2) is 30.3 Å². The van der Waals surface area contributed by atoms with Gasteiger partial charge < -0.3 is 28.5 Å². The molecule has 1 saturated heterocycles. The summed E-state index contributed by atoms with van der Waals surface area (Å²) in [6.07, 6.45) is 0.741. The summed E-state index contributed by atoms with van der Waals surface area (Å²) >= 11 is 0. The lowest BCUT2D eigenvalue weighted by molar-refractivity contribution is -0.926. The number of hydrogen-bond acceptors (Lipinski definition) is 1. The minimum absolute atomic E-state index is 0. The molecule has 0 saturated carbocycles. The zero-order valence-corrected chi connectivity index (χ0v) is 12.7. The molecule has 0 aliphatic carbocycles. The van der Waals surface area contributed by atoms with Crippen LogP contribution in [0, 0.1) is 5.92 Å². The second-order valence-corrected chi connectivity index (χ2v) is 5.29. The fourth-order valence-corrected chi connectivity index (χ4v) is 2.65. The molecule has 1 aromatic carbocycles. The van der Waals surface area contributed by atoms with Crippen LogP contribution in [0.1, 0.15) is 18.9 Å². The Hall–Kier alpha value is -0.420. The monoisotopic (exact) mass is 345 g/mol. The summed E-state index contributed by atoms with van der Waals surface area (Å²) in [5, 5.41) is 0. The van der Waals surface area contributed by atoms with Crippen molar-refractivity contribution in [1.29, 1.82) is 0 Å². The molecule has 2 rings (SSSR count). The first kappa shape index (κ1) is 14.6. The van der Waals surface area contributed by atoms with Gasteiger partial charge in [-0.25, -0.2) is 0 Å². The highest BCUT2D eigenvalue weighted by Gasteiger charge is 2.33. The van der Waals surface area contributed by atoms with Crippen molar-refractivity contribution in [3.8, 4) is 0 Å². The second kappa shape index (κ2) is 5.96. The molecule has 1 fully saturated rings. The van der Waals surface area contributed by atoms with Crippen LogP contribution < -0.4 is 24.0 Å². The van der Waals surface area contributed by atoms with Gasteiger partial charge in [-0.15, -0.1) is 0 Å².